The number of carbonyl (C=O) groups excluding carboxylic acids is 1. The van der Waals surface area contributed by atoms with Crippen LogP contribution in [0.5, 0.6) is 0 Å². The average Bonchev–Trinajstić information content (AvgIpc) is 2.17. The first-order chi connectivity index (χ1) is 7.38. The lowest BCUT2D eigenvalue weighted by atomic mass is 9.84. The highest BCUT2D eigenvalue weighted by atomic mass is 16.1. The molecule has 2 nitrogen and oxygen atoms in total. The van der Waals surface area contributed by atoms with Crippen molar-refractivity contribution in [3.63, 3.8) is 0 Å². The quantitative estimate of drug-likeness (QED) is 0.674. The molecule has 0 radical (unpaired) electrons. The number of Topliss-reactive ketones (excluding diaryl/α,β-unsaturated/α-hetero) is 1. The van der Waals surface area contributed by atoms with Crippen molar-refractivity contribution in [2.75, 3.05) is 5.32 Å². The molecule has 0 bridgehead atoms. The Bertz CT molecular complexity index is 466. The molecule has 1 heterocycles. The number of hydrogen-bond donors (Lipinski definition) is 1. The van der Waals surface area contributed by atoms with Crippen molar-refractivity contribution in [3.8, 4) is 0 Å². The van der Waals surface area contributed by atoms with Gasteiger partial charge in [0.05, 0.1) is 5.70 Å². The number of allylic oxidation sites excluding steroid dienone is 1. The minimum absolute atomic E-state index is 0.0820. The predicted octanol–water partition coefficient (Wildman–Crippen LogP) is 3.03. The summed E-state index contributed by atoms with van der Waals surface area (Å²) in [5.41, 5.74) is 3.96. The van der Waals surface area contributed by atoms with Crippen molar-refractivity contribution in [2.45, 2.75) is 32.6 Å². The average molecular weight is 215 g/mol. The minimum Gasteiger partial charge on any atom is -0.353 e. The zero-order chi connectivity index (χ0) is 11.9. The number of rotatable bonds is 0. The third-order valence-electron chi connectivity index (χ3n) is 2.94. The Kier molecular flexibility index (Phi) is 2.38. The van der Waals surface area contributed by atoms with E-state index in [9.17, 15) is 4.79 Å². The molecule has 0 amide bonds. The molecule has 2 rings (SSSR count). The Hall–Kier alpha value is -1.57. The molecule has 84 valence electrons. The number of carbonyl (C=O) groups is 1. The van der Waals surface area contributed by atoms with Gasteiger partial charge in [-0.2, -0.15) is 0 Å². The summed E-state index contributed by atoms with van der Waals surface area (Å²) in [5.74, 6) is 0.0820. The Morgan fingerprint density at radius 1 is 1.31 bits per heavy atom. The molecule has 16 heavy (non-hydrogen) atoms. The fourth-order valence-corrected chi connectivity index (χ4v) is 1.84. The van der Waals surface area contributed by atoms with Crippen molar-refractivity contribution in [3.05, 3.63) is 41.6 Å². The maximum absolute atomic E-state index is 11.6. The van der Waals surface area contributed by atoms with Gasteiger partial charge in [-0.1, -0.05) is 39.5 Å². The molecule has 1 aliphatic heterocycles. The van der Waals surface area contributed by atoms with Gasteiger partial charge in [0.15, 0.2) is 5.78 Å². The van der Waals surface area contributed by atoms with E-state index in [1.54, 1.807) is 0 Å². The second-order valence-electron chi connectivity index (χ2n) is 5.33. The van der Waals surface area contributed by atoms with Crippen LogP contribution in [0, 0.1) is 0 Å². The molecule has 0 saturated carbocycles. The lowest BCUT2D eigenvalue weighted by molar-refractivity contribution is -0.114. The molecule has 1 aliphatic rings. The van der Waals surface area contributed by atoms with Gasteiger partial charge in [0.2, 0.25) is 0 Å². The largest absolute Gasteiger partial charge is 0.353 e. The highest BCUT2D eigenvalue weighted by molar-refractivity contribution is 6.02. The number of fused-ring (bicyclic) bond motifs is 1. The summed E-state index contributed by atoms with van der Waals surface area (Å²) in [6.07, 6.45) is 0.463. The van der Waals surface area contributed by atoms with Gasteiger partial charge in [-0.3, -0.25) is 4.79 Å². The number of ketones is 1. The monoisotopic (exact) mass is 215 g/mol. The first kappa shape index (κ1) is 10.9. The molecule has 1 N–H and O–H groups in total. The fraction of sp³-hybridized carbons (Fsp3) is 0.357. The molecule has 0 saturated heterocycles. The van der Waals surface area contributed by atoms with E-state index < -0.39 is 0 Å². The van der Waals surface area contributed by atoms with Crippen LogP contribution in [-0.4, -0.2) is 5.78 Å². The molecular formula is C14H17NO. The van der Waals surface area contributed by atoms with Crippen molar-refractivity contribution in [1.29, 1.82) is 0 Å². The van der Waals surface area contributed by atoms with Crippen LogP contribution in [0.1, 0.15) is 31.9 Å². The molecule has 0 aromatic heterocycles. The zero-order valence-electron chi connectivity index (χ0n) is 10.1. The Balaban J connectivity index is 2.44. The Labute approximate surface area is 96.4 Å². The standard InChI is InChI=1S/C14H17NO/c1-9-13(16)8-10-7-11(14(2,3)4)5-6-12(10)15-9/h5-7,15H,1,8H2,2-4H3. The Morgan fingerprint density at radius 2 is 2.00 bits per heavy atom. The van der Waals surface area contributed by atoms with Crippen LogP contribution in [0.3, 0.4) is 0 Å². The summed E-state index contributed by atoms with van der Waals surface area (Å²) in [5, 5.41) is 3.04. The van der Waals surface area contributed by atoms with Crippen LogP contribution in [0.15, 0.2) is 30.5 Å². The number of benzene rings is 1. The Morgan fingerprint density at radius 3 is 2.62 bits per heavy atom. The third kappa shape index (κ3) is 1.87. The number of anilines is 1. The van der Waals surface area contributed by atoms with E-state index in [1.165, 1.54) is 5.56 Å². The highest BCUT2D eigenvalue weighted by Gasteiger charge is 2.21. The van der Waals surface area contributed by atoms with Crippen molar-refractivity contribution in [2.24, 2.45) is 0 Å². The molecule has 0 atom stereocenters. The molecule has 0 fully saturated rings. The van der Waals surface area contributed by atoms with E-state index in [4.69, 9.17) is 0 Å². The van der Waals surface area contributed by atoms with Gasteiger partial charge in [0.25, 0.3) is 0 Å². The second kappa shape index (κ2) is 3.48. The van der Waals surface area contributed by atoms with E-state index in [-0.39, 0.29) is 11.2 Å². The van der Waals surface area contributed by atoms with Gasteiger partial charge in [-0.15, -0.1) is 0 Å². The topological polar surface area (TPSA) is 29.1 Å². The summed E-state index contributed by atoms with van der Waals surface area (Å²) < 4.78 is 0. The van der Waals surface area contributed by atoms with Crippen LogP contribution >= 0.6 is 0 Å². The minimum atomic E-state index is 0.0820. The highest BCUT2D eigenvalue weighted by Crippen LogP contribution is 2.30. The summed E-state index contributed by atoms with van der Waals surface area (Å²) in [6.45, 7) is 10.2. The maximum atomic E-state index is 11.6. The van der Waals surface area contributed by atoms with Crippen molar-refractivity contribution >= 4 is 11.5 Å². The van der Waals surface area contributed by atoms with Gasteiger partial charge in [-0.05, 0) is 22.6 Å². The van der Waals surface area contributed by atoms with Gasteiger partial charge in [-0.25, -0.2) is 0 Å². The number of nitrogens with one attached hydrogen (secondary N) is 1. The summed E-state index contributed by atoms with van der Waals surface area (Å²) in [4.78, 5) is 11.6. The van der Waals surface area contributed by atoms with Crippen LogP contribution in [0.4, 0.5) is 5.69 Å². The molecule has 0 aliphatic carbocycles. The SMILES string of the molecule is C=C1Nc2ccc(C(C)(C)C)cc2CC1=O. The van der Waals surface area contributed by atoms with Gasteiger partial charge in [0.1, 0.15) is 0 Å². The fourth-order valence-electron chi connectivity index (χ4n) is 1.84. The van der Waals surface area contributed by atoms with Crippen LogP contribution in [0.2, 0.25) is 0 Å². The molecule has 0 unspecified atom stereocenters. The zero-order valence-corrected chi connectivity index (χ0v) is 10.1. The molecule has 2 heteroatoms. The van der Waals surface area contributed by atoms with Crippen LogP contribution in [0.25, 0.3) is 0 Å². The lowest BCUT2D eigenvalue weighted by Crippen LogP contribution is -2.21. The van der Waals surface area contributed by atoms with Crippen molar-refractivity contribution < 1.29 is 4.79 Å². The first-order valence-electron chi connectivity index (χ1n) is 5.50. The summed E-state index contributed by atoms with van der Waals surface area (Å²) in [6, 6.07) is 6.26. The summed E-state index contributed by atoms with van der Waals surface area (Å²) >= 11 is 0. The molecule has 1 aromatic rings. The second-order valence-corrected chi connectivity index (χ2v) is 5.33. The van der Waals surface area contributed by atoms with Gasteiger partial charge < -0.3 is 5.32 Å². The predicted molar refractivity (Wildman–Crippen MR) is 66.6 cm³/mol. The van der Waals surface area contributed by atoms with E-state index in [0.717, 1.165) is 11.3 Å². The third-order valence-corrected chi connectivity index (χ3v) is 2.94. The van der Waals surface area contributed by atoms with Gasteiger partial charge in [0, 0.05) is 12.1 Å². The number of hydrogen-bond acceptors (Lipinski definition) is 2. The van der Waals surface area contributed by atoms with E-state index in [0.29, 0.717) is 12.1 Å². The van der Waals surface area contributed by atoms with Crippen molar-refractivity contribution in [1.82, 2.24) is 0 Å². The maximum Gasteiger partial charge on any atom is 0.182 e. The van der Waals surface area contributed by atoms with E-state index >= 15 is 0 Å². The molecule has 0 spiro atoms. The molecule has 1 aromatic carbocycles. The van der Waals surface area contributed by atoms with Gasteiger partial charge >= 0.3 is 0 Å². The summed E-state index contributed by atoms with van der Waals surface area (Å²) in [7, 11) is 0. The van der Waals surface area contributed by atoms with Crippen LogP contribution in [-0.2, 0) is 16.6 Å². The normalized spacial score (nSPS) is 15.7. The first-order valence-corrected chi connectivity index (χ1v) is 5.50. The van der Waals surface area contributed by atoms with Crippen LogP contribution < -0.4 is 5.32 Å². The smallest absolute Gasteiger partial charge is 0.182 e. The van der Waals surface area contributed by atoms with E-state index in [2.05, 4.69) is 44.8 Å². The van der Waals surface area contributed by atoms with E-state index in [1.807, 2.05) is 6.07 Å². The lowest BCUT2D eigenvalue weighted by Gasteiger charge is -2.24. The molecular weight excluding hydrogens is 198 g/mol.